The number of nitrogen functional groups attached to an aromatic ring is 1. The topological polar surface area (TPSA) is 88.3 Å². The van der Waals surface area contributed by atoms with Crippen LogP contribution in [-0.4, -0.2) is 19.9 Å². The highest BCUT2D eigenvalue weighted by molar-refractivity contribution is 7.92. The Hall–Kier alpha value is -2.12. The molecule has 0 amide bonds. The number of pyridine rings is 1. The first-order chi connectivity index (χ1) is 10.0. The summed E-state index contributed by atoms with van der Waals surface area (Å²) in [5.41, 5.74) is 4.30. The Kier molecular flexibility index (Phi) is 4.44. The van der Waals surface area contributed by atoms with Gasteiger partial charge in [-0.3, -0.25) is 10.1 Å². The van der Waals surface area contributed by atoms with E-state index in [1.807, 2.05) is 19.1 Å². The van der Waals surface area contributed by atoms with E-state index in [1.165, 1.54) is 10.5 Å². The quantitative estimate of drug-likeness (QED) is 0.650. The number of anilines is 2. The maximum atomic E-state index is 12.8. The first-order valence-electron chi connectivity index (χ1n) is 6.51. The molecule has 6 nitrogen and oxygen atoms in total. The minimum atomic E-state index is -3.78. The third-order valence-corrected chi connectivity index (χ3v) is 4.93. The Balaban J connectivity index is 2.52. The van der Waals surface area contributed by atoms with Gasteiger partial charge in [0.15, 0.2) is 0 Å². The van der Waals surface area contributed by atoms with Crippen molar-refractivity contribution in [2.45, 2.75) is 18.9 Å². The summed E-state index contributed by atoms with van der Waals surface area (Å²) in [6.07, 6.45) is 1.43. The van der Waals surface area contributed by atoms with Crippen molar-refractivity contribution in [2.24, 2.45) is 5.84 Å². The van der Waals surface area contributed by atoms with Crippen molar-refractivity contribution in [1.82, 2.24) is 4.98 Å². The lowest BCUT2D eigenvalue weighted by Gasteiger charge is -2.23. The van der Waals surface area contributed by atoms with Gasteiger partial charge >= 0.3 is 0 Å². The zero-order valence-corrected chi connectivity index (χ0v) is 12.8. The molecular weight excluding hydrogens is 288 g/mol. The summed E-state index contributed by atoms with van der Waals surface area (Å²) in [7, 11) is -3.78. The number of hydrogen-bond donors (Lipinski definition) is 2. The van der Waals surface area contributed by atoms with Crippen LogP contribution >= 0.6 is 0 Å². The first kappa shape index (κ1) is 15.3. The van der Waals surface area contributed by atoms with Gasteiger partial charge in [-0.05, 0) is 38.1 Å². The van der Waals surface area contributed by atoms with E-state index in [2.05, 4.69) is 10.4 Å². The van der Waals surface area contributed by atoms with Crippen LogP contribution in [0.4, 0.5) is 11.4 Å². The van der Waals surface area contributed by atoms with E-state index in [-0.39, 0.29) is 10.7 Å². The number of nitrogens with two attached hydrogens (primary N) is 1. The fourth-order valence-electron chi connectivity index (χ4n) is 2.01. The molecular formula is C14H18N4O2S. The Bertz CT molecular complexity index is 714. The summed E-state index contributed by atoms with van der Waals surface area (Å²) in [6, 6.07) is 10.5. The van der Waals surface area contributed by atoms with E-state index < -0.39 is 10.0 Å². The van der Waals surface area contributed by atoms with Gasteiger partial charge in [-0.2, -0.15) is 8.42 Å². The minimum Gasteiger partial charge on any atom is -0.321 e. The highest BCUT2D eigenvalue weighted by atomic mass is 32.2. The fraction of sp³-hybridized carbons (Fsp3) is 0.214. The summed E-state index contributed by atoms with van der Waals surface area (Å²) < 4.78 is 26.9. The number of aromatic nitrogens is 1. The van der Waals surface area contributed by atoms with Gasteiger partial charge in [0.25, 0.3) is 10.0 Å². The molecule has 1 aromatic carbocycles. The molecule has 2 rings (SSSR count). The molecule has 21 heavy (non-hydrogen) atoms. The number of nitrogens with one attached hydrogen (secondary N) is 1. The molecule has 0 bridgehead atoms. The average Bonchev–Trinajstić information content (AvgIpc) is 2.49. The lowest BCUT2D eigenvalue weighted by atomic mass is 10.2. The molecule has 7 heteroatoms. The van der Waals surface area contributed by atoms with Gasteiger partial charge in [-0.25, -0.2) is 4.98 Å². The molecule has 0 fully saturated rings. The van der Waals surface area contributed by atoms with Crippen molar-refractivity contribution in [3.05, 3.63) is 48.2 Å². The van der Waals surface area contributed by atoms with Gasteiger partial charge in [-0.15, -0.1) is 0 Å². The highest BCUT2D eigenvalue weighted by Gasteiger charge is 2.27. The van der Waals surface area contributed by atoms with Crippen LogP contribution in [0.1, 0.15) is 12.5 Å². The molecule has 0 aliphatic rings. The molecule has 0 aliphatic heterocycles. The maximum absolute atomic E-state index is 12.8. The van der Waals surface area contributed by atoms with Gasteiger partial charge in [0.05, 0.1) is 11.4 Å². The molecule has 0 aliphatic carbocycles. The third-order valence-electron chi connectivity index (χ3n) is 3.07. The molecule has 0 spiro atoms. The second-order valence-electron chi connectivity index (χ2n) is 4.51. The van der Waals surface area contributed by atoms with Crippen LogP contribution in [0, 0.1) is 6.92 Å². The second-order valence-corrected chi connectivity index (χ2v) is 6.28. The van der Waals surface area contributed by atoms with E-state index in [0.29, 0.717) is 12.2 Å². The number of rotatable bonds is 5. The molecule has 1 aromatic heterocycles. The van der Waals surface area contributed by atoms with Crippen molar-refractivity contribution in [1.29, 1.82) is 0 Å². The molecule has 3 N–H and O–H groups in total. The summed E-state index contributed by atoms with van der Waals surface area (Å²) in [5, 5.41) is -0.0880. The number of sulfonamides is 1. The predicted molar refractivity (Wildman–Crippen MR) is 83.4 cm³/mol. The third kappa shape index (κ3) is 2.98. The largest absolute Gasteiger partial charge is 0.321 e. The van der Waals surface area contributed by atoms with Crippen molar-refractivity contribution < 1.29 is 8.42 Å². The molecule has 112 valence electrons. The number of hydrazine groups is 1. The molecule has 0 saturated carbocycles. The lowest BCUT2D eigenvalue weighted by Crippen LogP contribution is -2.32. The number of aryl methyl sites for hydroxylation is 1. The molecule has 1 heterocycles. The molecule has 0 unspecified atom stereocenters. The first-order valence-corrected chi connectivity index (χ1v) is 7.95. The maximum Gasteiger partial charge on any atom is 0.283 e. The van der Waals surface area contributed by atoms with Crippen molar-refractivity contribution in [3.63, 3.8) is 0 Å². The zero-order chi connectivity index (χ0) is 15.5. The van der Waals surface area contributed by atoms with Gasteiger partial charge in [0, 0.05) is 12.7 Å². The molecule has 0 radical (unpaired) electrons. The molecule has 0 atom stereocenters. The van der Waals surface area contributed by atoms with Crippen LogP contribution < -0.4 is 15.6 Å². The van der Waals surface area contributed by atoms with E-state index in [0.717, 1.165) is 5.56 Å². The number of nitrogens with zero attached hydrogens (tertiary/aromatic N) is 2. The highest BCUT2D eigenvalue weighted by Crippen LogP contribution is 2.26. The SMILES string of the molecule is CCN(c1ccc(C)cc1)S(=O)(=O)c1ncccc1NN. The van der Waals surface area contributed by atoms with E-state index in [9.17, 15) is 8.42 Å². The normalized spacial score (nSPS) is 11.2. The minimum absolute atomic E-state index is 0.0880. The standard InChI is InChI=1S/C14H18N4O2S/c1-3-18(12-8-6-11(2)7-9-12)21(19,20)14-13(17-15)5-4-10-16-14/h4-10,17H,3,15H2,1-2H3. The van der Waals surface area contributed by atoms with Gasteiger partial charge in [-0.1, -0.05) is 17.7 Å². The van der Waals surface area contributed by atoms with Gasteiger partial charge < -0.3 is 5.43 Å². The van der Waals surface area contributed by atoms with Crippen LogP contribution in [0.3, 0.4) is 0 Å². The molecule has 2 aromatic rings. The van der Waals surface area contributed by atoms with Crippen LogP contribution in [0.2, 0.25) is 0 Å². The van der Waals surface area contributed by atoms with Crippen LogP contribution in [-0.2, 0) is 10.0 Å². The zero-order valence-electron chi connectivity index (χ0n) is 11.9. The van der Waals surface area contributed by atoms with E-state index in [1.54, 1.807) is 31.2 Å². The summed E-state index contributed by atoms with van der Waals surface area (Å²) in [6.45, 7) is 4.02. The van der Waals surface area contributed by atoms with Crippen molar-refractivity contribution in [3.8, 4) is 0 Å². The lowest BCUT2D eigenvalue weighted by molar-refractivity contribution is 0.588. The van der Waals surface area contributed by atoms with Crippen LogP contribution in [0.5, 0.6) is 0 Å². The van der Waals surface area contributed by atoms with E-state index in [4.69, 9.17) is 5.84 Å². The van der Waals surface area contributed by atoms with Gasteiger partial charge in [0.1, 0.15) is 0 Å². The van der Waals surface area contributed by atoms with Gasteiger partial charge in [0.2, 0.25) is 5.03 Å². The smallest absolute Gasteiger partial charge is 0.283 e. The number of hydrogen-bond acceptors (Lipinski definition) is 5. The molecule has 0 saturated heterocycles. The van der Waals surface area contributed by atoms with Crippen molar-refractivity contribution in [2.75, 3.05) is 16.3 Å². The summed E-state index contributed by atoms with van der Waals surface area (Å²) in [4.78, 5) is 3.96. The second kappa shape index (κ2) is 6.11. The van der Waals surface area contributed by atoms with Crippen LogP contribution in [0.15, 0.2) is 47.6 Å². The Labute approximate surface area is 124 Å². The fourth-order valence-corrected chi connectivity index (χ4v) is 3.56. The van der Waals surface area contributed by atoms with Crippen molar-refractivity contribution >= 4 is 21.4 Å². The summed E-state index contributed by atoms with van der Waals surface area (Å²) in [5.74, 6) is 5.37. The number of benzene rings is 1. The average molecular weight is 306 g/mol. The summed E-state index contributed by atoms with van der Waals surface area (Å²) >= 11 is 0. The Morgan fingerprint density at radius 2 is 1.90 bits per heavy atom. The Morgan fingerprint density at radius 1 is 1.24 bits per heavy atom. The Morgan fingerprint density at radius 3 is 2.48 bits per heavy atom. The van der Waals surface area contributed by atoms with Crippen LogP contribution in [0.25, 0.3) is 0 Å². The monoisotopic (exact) mass is 306 g/mol. The van der Waals surface area contributed by atoms with E-state index >= 15 is 0 Å². The predicted octanol–water partition coefficient (Wildman–Crippen LogP) is 1.89.